The molecule has 0 amide bonds. The molecule has 0 unspecified atom stereocenters. The van der Waals surface area contributed by atoms with Gasteiger partial charge in [-0.15, -0.1) is 0 Å². The van der Waals surface area contributed by atoms with Crippen molar-refractivity contribution in [2.24, 2.45) is 0 Å². The maximum absolute atomic E-state index is 12.4. The maximum Gasteiger partial charge on any atom is 0.187 e. The molecule has 0 aliphatic carbocycles. The Bertz CT molecular complexity index is 811. The third kappa shape index (κ3) is 5.11. The number of ether oxygens (including phenoxy) is 2. The summed E-state index contributed by atoms with van der Waals surface area (Å²) in [5.41, 5.74) is 2.80. The molecule has 0 radical (unpaired) electrons. The molecule has 5 nitrogen and oxygen atoms in total. The molecule has 1 fully saturated rings. The third-order valence-corrected chi connectivity index (χ3v) is 4.68. The number of likely N-dealkylation sites (tertiary alicyclic amines) is 1. The zero-order chi connectivity index (χ0) is 19.1. The molecule has 2 aromatic rings. The third-order valence-electron chi connectivity index (χ3n) is 4.68. The number of nitrogens with one attached hydrogen (secondary N) is 1. The first-order chi connectivity index (χ1) is 13.2. The van der Waals surface area contributed by atoms with Gasteiger partial charge in [0.2, 0.25) is 0 Å². The molecule has 0 atom stereocenters. The van der Waals surface area contributed by atoms with Crippen molar-refractivity contribution in [2.45, 2.75) is 19.4 Å². The topological polar surface area (TPSA) is 50.8 Å². The lowest BCUT2D eigenvalue weighted by Crippen LogP contribution is -2.18. The summed E-state index contributed by atoms with van der Waals surface area (Å²) in [6.45, 7) is 3.33. The molecule has 3 rings (SSSR count). The minimum absolute atomic E-state index is 0.100. The first-order valence-corrected chi connectivity index (χ1v) is 9.20. The van der Waals surface area contributed by atoms with E-state index in [1.165, 1.54) is 37.6 Å². The summed E-state index contributed by atoms with van der Waals surface area (Å²) in [6, 6.07) is 13.4. The average Bonchev–Trinajstić information content (AvgIpc) is 3.20. The van der Waals surface area contributed by atoms with Gasteiger partial charge in [0.1, 0.15) is 0 Å². The van der Waals surface area contributed by atoms with E-state index in [9.17, 15) is 4.79 Å². The minimum Gasteiger partial charge on any atom is -0.493 e. The van der Waals surface area contributed by atoms with Crippen molar-refractivity contribution in [3.63, 3.8) is 0 Å². The Morgan fingerprint density at radius 1 is 1.07 bits per heavy atom. The number of hydrogen-bond acceptors (Lipinski definition) is 5. The Morgan fingerprint density at radius 2 is 1.85 bits per heavy atom. The van der Waals surface area contributed by atoms with Crippen molar-refractivity contribution >= 4 is 11.5 Å². The smallest absolute Gasteiger partial charge is 0.187 e. The molecule has 27 heavy (non-hydrogen) atoms. The van der Waals surface area contributed by atoms with Crippen LogP contribution in [0.25, 0.3) is 0 Å². The van der Waals surface area contributed by atoms with E-state index in [4.69, 9.17) is 9.47 Å². The fourth-order valence-electron chi connectivity index (χ4n) is 3.26. The van der Waals surface area contributed by atoms with Gasteiger partial charge >= 0.3 is 0 Å². The van der Waals surface area contributed by atoms with Crippen LogP contribution < -0.4 is 14.8 Å². The molecule has 1 aliphatic rings. The highest BCUT2D eigenvalue weighted by molar-refractivity contribution is 6.05. The highest BCUT2D eigenvalue weighted by atomic mass is 16.5. The van der Waals surface area contributed by atoms with Crippen molar-refractivity contribution in [1.82, 2.24) is 4.90 Å². The van der Waals surface area contributed by atoms with Crippen LogP contribution in [-0.2, 0) is 6.54 Å². The molecule has 0 aromatic heterocycles. The van der Waals surface area contributed by atoms with Gasteiger partial charge in [0.15, 0.2) is 17.3 Å². The van der Waals surface area contributed by atoms with E-state index in [1.54, 1.807) is 38.6 Å². The Kier molecular flexibility index (Phi) is 6.49. The second-order valence-corrected chi connectivity index (χ2v) is 6.60. The monoisotopic (exact) mass is 366 g/mol. The highest BCUT2D eigenvalue weighted by Gasteiger charge is 2.11. The predicted molar refractivity (Wildman–Crippen MR) is 108 cm³/mol. The average molecular weight is 366 g/mol. The number of carbonyl (C=O) groups excluding carboxylic acids is 1. The van der Waals surface area contributed by atoms with Crippen LogP contribution >= 0.6 is 0 Å². The number of anilines is 1. The molecule has 1 aliphatic heterocycles. The van der Waals surface area contributed by atoms with Gasteiger partial charge < -0.3 is 14.8 Å². The number of rotatable bonds is 8. The molecular weight excluding hydrogens is 340 g/mol. The largest absolute Gasteiger partial charge is 0.493 e. The van der Waals surface area contributed by atoms with Crippen LogP contribution in [0.1, 0.15) is 28.8 Å². The summed E-state index contributed by atoms with van der Waals surface area (Å²) in [6.07, 6.45) is 5.78. The van der Waals surface area contributed by atoms with E-state index in [0.717, 1.165) is 12.2 Å². The van der Waals surface area contributed by atoms with E-state index >= 15 is 0 Å². The summed E-state index contributed by atoms with van der Waals surface area (Å²) in [4.78, 5) is 14.8. The highest BCUT2D eigenvalue weighted by Crippen LogP contribution is 2.27. The van der Waals surface area contributed by atoms with Crippen molar-refractivity contribution < 1.29 is 14.3 Å². The number of benzene rings is 2. The summed E-state index contributed by atoms with van der Waals surface area (Å²) in [5.74, 6) is 1.04. The van der Waals surface area contributed by atoms with Gasteiger partial charge in [-0.3, -0.25) is 9.69 Å². The number of nitrogens with zero attached hydrogens (tertiary/aromatic N) is 1. The summed E-state index contributed by atoms with van der Waals surface area (Å²) in [7, 11) is 3.12. The minimum atomic E-state index is -0.100. The van der Waals surface area contributed by atoms with Gasteiger partial charge in [-0.1, -0.05) is 12.1 Å². The van der Waals surface area contributed by atoms with Crippen LogP contribution in [0.3, 0.4) is 0 Å². The van der Waals surface area contributed by atoms with Crippen LogP contribution in [0.4, 0.5) is 5.69 Å². The zero-order valence-electron chi connectivity index (χ0n) is 15.9. The van der Waals surface area contributed by atoms with Gasteiger partial charge in [-0.25, -0.2) is 0 Å². The van der Waals surface area contributed by atoms with Crippen molar-refractivity contribution in [3.8, 4) is 11.5 Å². The van der Waals surface area contributed by atoms with Crippen molar-refractivity contribution in [2.75, 3.05) is 32.6 Å². The van der Waals surface area contributed by atoms with Crippen LogP contribution in [0.5, 0.6) is 11.5 Å². The van der Waals surface area contributed by atoms with Gasteiger partial charge in [-0.2, -0.15) is 0 Å². The second kappa shape index (κ2) is 9.24. The zero-order valence-corrected chi connectivity index (χ0v) is 15.9. The molecule has 2 aromatic carbocycles. The Balaban J connectivity index is 1.60. The fourth-order valence-corrected chi connectivity index (χ4v) is 3.26. The SMILES string of the molecule is COc1ccc(C(=O)/C=C/Nc2cccc(CN3CCCC3)c2)cc1OC. The van der Waals surface area contributed by atoms with E-state index in [0.29, 0.717) is 17.1 Å². The first-order valence-electron chi connectivity index (χ1n) is 9.20. The first kappa shape index (κ1) is 19.0. The number of carbonyl (C=O) groups is 1. The van der Waals surface area contributed by atoms with Gasteiger partial charge in [0.05, 0.1) is 14.2 Å². The van der Waals surface area contributed by atoms with E-state index in [-0.39, 0.29) is 5.78 Å². The fraction of sp³-hybridized carbons (Fsp3) is 0.318. The Labute approximate surface area is 160 Å². The quantitative estimate of drug-likeness (QED) is 0.563. The van der Waals surface area contributed by atoms with E-state index in [1.807, 2.05) is 12.1 Å². The van der Waals surface area contributed by atoms with Crippen molar-refractivity contribution in [1.29, 1.82) is 0 Å². The van der Waals surface area contributed by atoms with Gasteiger partial charge in [0, 0.05) is 30.1 Å². The molecule has 142 valence electrons. The maximum atomic E-state index is 12.4. The van der Waals surface area contributed by atoms with Crippen LogP contribution in [0.2, 0.25) is 0 Å². The normalized spacial score (nSPS) is 14.4. The lowest BCUT2D eigenvalue weighted by molar-refractivity contribution is 0.104. The lowest BCUT2D eigenvalue weighted by Gasteiger charge is -2.15. The Morgan fingerprint density at radius 3 is 2.59 bits per heavy atom. The van der Waals surface area contributed by atoms with Crippen LogP contribution in [-0.4, -0.2) is 38.0 Å². The van der Waals surface area contributed by atoms with E-state index in [2.05, 4.69) is 22.3 Å². The molecule has 1 N–H and O–H groups in total. The standard InChI is InChI=1S/C22H26N2O3/c1-26-21-9-8-18(15-22(21)27-2)20(25)10-11-23-19-7-5-6-17(14-19)16-24-12-3-4-13-24/h5-11,14-15,23H,3-4,12-13,16H2,1-2H3/b11-10+. The second-order valence-electron chi connectivity index (χ2n) is 6.60. The molecular formula is C22H26N2O3. The summed E-state index contributed by atoms with van der Waals surface area (Å²) in [5, 5.41) is 3.19. The van der Waals surface area contributed by atoms with Crippen molar-refractivity contribution in [3.05, 3.63) is 65.9 Å². The summed E-state index contributed by atoms with van der Waals surface area (Å²) >= 11 is 0. The molecule has 0 bridgehead atoms. The molecule has 5 heteroatoms. The predicted octanol–water partition coefficient (Wildman–Crippen LogP) is 4.11. The Hall–Kier alpha value is -2.79. The van der Waals surface area contributed by atoms with Gasteiger partial charge in [0.25, 0.3) is 0 Å². The molecule has 0 spiro atoms. The van der Waals surface area contributed by atoms with Crippen LogP contribution in [0, 0.1) is 0 Å². The molecule has 1 saturated heterocycles. The van der Waals surface area contributed by atoms with E-state index < -0.39 is 0 Å². The summed E-state index contributed by atoms with van der Waals surface area (Å²) < 4.78 is 10.4. The number of ketones is 1. The molecule has 0 saturated carbocycles. The number of hydrogen-bond donors (Lipinski definition) is 1. The molecule has 1 heterocycles. The van der Waals surface area contributed by atoms with Gasteiger partial charge in [-0.05, 0) is 61.8 Å². The lowest BCUT2D eigenvalue weighted by atomic mass is 10.1. The number of allylic oxidation sites excluding steroid dienone is 1. The number of methoxy groups -OCH3 is 2. The van der Waals surface area contributed by atoms with Crippen LogP contribution in [0.15, 0.2) is 54.7 Å².